The Bertz CT molecular complexity index is 315. The maximum Gasteiger partial charge on any atom is 0.0970 e. The fraction of sp³-hybridized carbons (Fsp3) is 0.556. The summed E-state index contributed by atoms with van der Waals surface area (Å²) in [5.74, 6) is 0. The van der Waals surface area contributed by atoms with Gasteiger partial charge in [-0.2, -0.15) is 10.4 Å². The minimum absolute atomic E-state index is 0.0806. The normalized spacial score (nSPS) is 12.4. The lowest BCUT2D eigenvalue weighted by atomic mass is 10.2. The van der Waals surface area contributed by atoms with Gasteiger partial charge < -0.3 is 5.32 Å². The molecule has 0 aliphatic heterocycles. The van der Waals surface area contributed by atoms with E-state index in [9.17, 15) is 0 Å². The number of hydrogen-bond acceptors (Lipinski definition) is 3. The van der Waals surface area contributed by atoms with Gasteiger partial charge in [0.2, 0.25) is 0 Å². The molecule has 0 aliphatic carbocycles. The quantitative estimate of drug-likeness (QED) is 0.870. The number of aryl methyl sites for hydroxylation is 1. The average Bonchev–Trinajstić information content (AvgIpc) is 2.59. The van der Waals surface area contributed by atoms with Crippen LogP contribution in [-0.4, -0.2) is 22.4 Å². The van der Waals surface area contributed by atoms with Gasteiger partial charge >= 0.3 is 0 Å². The number of rotatable bonds is 5. The molecule has 1 unspecified atom stereocenters. The highest BCUT2D eigenvalue weighted by molar-refractivity contribution is 9.10. The van der Waals surface area contributed by atoms with Crippen LogP contribution in [-0.2, 0) is 6.54 Å². The molecule has 14 heavy (non-hydrogen) atoms. The molecule has 76 valence electrons. The summed E-state index contributed by atoms with van der Waals surface area (Å²) in [6.45, 7) is 3.58. The number of nitrogens with one attached hydrogen (secondary N) is 1. The molecule has 1 heterocycles. The van der Waals surface area contributed by atoms with Crippen molar-refractivity contribution in [2.45, 2.75) is 25.9 Å². The molecule has 1 aromatic heterocycles. The summed E-state index contributed by atoms with van der Waals surface area (Å²) in [5.41, 5.74) is 0. The Labute approximate surface area is 92.0 Å². The fourth-order valence-corrected chi connectivity index (χ4v) is 1.51. The topological polar surface area (TPSA) is 53.6 Å². The number of hydrogen-bond donors (Lipinski definition) is 1. The molecule has 0 radical (unpaired) electrons. The van der Waals surface area contributed by atoms with Crippen molar-refractivity contribution in [2.24, 2.45) is 0 Å². The van der Waals surface area contributed by atoms with Crippen molar-refractivity contribution in [1.29, 1.82) is 5.26 Å². The first-order chi connectivity index (χ1) is 6.76. The fourth-order valence-electron chi connectivity index (χ4n) is 1.18. The van der Waals surface area contributed by atoms with Crippen LogP contribution in [0.5, 0.6) is 0 Å². The van der Waals surface area contributed by atoms with E-state index in [1.165, 1.54) is 0 Å². The average molecular weight is 257 g/mol. The highest BCUT2D eigenvalue weighted by atomic mass is 79.9. The highest BCUT2D eigenvalue weighted by Gasteiger charge is 2.05. The first kappa shape index (κ1) is 11.2. The molecule has 1 atom stereocenters. The molecule has 0 saturated carbocycles. The summed E-state index contributed by atoms with van der Waals surface area (Å²) < 4.78 is 2.79. The lowest BCUT2D eigenvalue weighted by Gasteiger charge is -2.08. The van der Waals surface area contributed by atoms with Crippen LogP contribution in [0, 0.1) is 11.3 Å². The van der Waals surface area contributed by atoms with Crippen LogP contribution >= 0.6 is 15.9 Å². The standard InChI is InChI=1S/C9H13BrN4/c1-2-12-9(5-11)3-4-14-7-8(10)6-13-14/h6-7,9,12H,2-4H2,1H3. The smallest absolute Gasteiger partial charge is 0.0970 e. The molecular formula is C9H13BrN4. The highest BCUT2D eigenvalue weighted by Crippen LogP contribution is 2.06. The van der Waals surface area contributed by atoms with E-state index < -0.39 is 0 Å². The van der Waals surface area contributed by atoms with E-state index in [4.69, 9.17) is 5.26 Å². The molecule has 0 amide bonds. The first-order valence-corrected chi connectivity index (χ1v) is 5.36. The van der Waals surface area contributed by atoms with Crippen molar-refractivity contribution in [1.82, 2.24) is 15.1 Å². The summed E-state index contributed by atoms with van der Waals surface area (Å²) in [5, 5.41) is 16.0. The van der Waals surface area contributed by atoms with Crippen LogP contribution in [0.15, 0.2) is 16.9 Å². The van der Waals surface area contributed by atoms with Crippen molar-refractivity contribution in [3.05, 3.63) is 16.9 Å². The molecule has 1 aromatic rings. The van der Waals surface area contributed by atoms with E-state index in [-0.39, 0.29) is 6.04 Å². The number of nitriles is 1. The lowest BCUT2D eigenvalue weighted by Crippen LogP contribution is -2.28. The van der Waals surface area contributed by atoms with Gasteiger partial charge in [-0.3, -0.25) is 4.68 Å². The van der Waals surface area contributed by atoms with E-state index in [1.54, 1.807) is 6.20 Å². The van der Waals surface area contributed by atoms with Crippen molar-refractivity contribution in [3.63, 3.8) is 0 Å². The van der Waals surface area contributed by atoms with E-state index in [2.05, 4.69) is 32.4 Å². The Hall–Kier alpha value is -0.860. The predicted octanol–water partition coefficient (Wildman–Crippen LogP) is 1.54. The Morgan fingerprint density at radius 1 is 1.79 bits per heavy atom. The zero-order valence-corrected chi connectivity index (χ0v) is 9.66. The van der Waals surface area contributed by atoms with Crippen molar-refractivity contribution in [2.75, 3.05) is 6.54 Å². The van der Waals surface area contributed by atoms with Gasteiger partial charge in [-0.25, -0.2) is 0 Å². The number of aromatic nitrogens is 2. The monoisotopic (exact) mass is 256 g/mol. The van der Waals surface area contributed by atoms with Crippen LogP contribution in [0.2, 0.25) is 0 Å². The van der Waals surface area contributed by atoms with Gasteiger partial charge in [-0.05, 0) is 28.9 Å². The number of nitrogens with zero attached hydrogens (tertiary/aromatic N) is 3. The van der Waals surface area contributed by atoms with Gasteiger partial charge in [0.15, 0.2) is 0 Å². The Balaban J connectivity index is 2.36. The first-order valence-electron chi connectivity index (χ1n) is 4.57. The van der Waals surface area contributed by atoms with Gasteiger partial charge in [0, 0.05) is 12.7 Å². The van der Waals surface area contributed by atoms with E-state index >= 15 is 0 Å². The zero-order valence-electron chi connectivity index (χ0n) is 8.07. The van der Waals surface area contributed by atoms with Crippen LogP contribution in [0.1, 0.15) is 13.3 Å². The van der Waals surface area contributed by atoms with E-state index in [0.717, 1.165) is 24.0 Å². The van der Waals surface area contributed by atoms with Crippen LogP contribution in [0.4, 0.5) is 0 Å². The Kier molecular flexibility index (Phi) is 4.63. The third-order valence-electron chi connectivity index (χ3n) is 1.85. The third-order valence-corrected chi connectivity index (χ3v) is 2.26. The van der Waals surface area contributed by atoms with Crippen molar-refractivity contribution in [3.8, 4) is 6.07 Å². The molecule has 0 spiro atoms. The second kappa shape index (κ2) is 5.78. The van der Waals surface area contributed by atoms with Gasteiger partial charge in [-0.1, -0.05) is 6.92 Å². The molecule has 0 fully saturated rings. The zero-order chi connectivity index (χ0) is 10.4. The van der Waals surface area contributed by atoms with Crippen LogP contribution in [0.3, 0.4) is 0 Å². The number of halogens is 1. The lowest BCUT2D eigenvalue weighted by molar-refractivity contribution is 0.502. The molecule has 4 nitrogen and oxygen atoms in total. The molecule has 1 rings (SSSR count). The Morgan fingerprint density at radius 3 is 3.07 bits per heavy atom. The molecular weight excluding hydrogens is 244 g/mol. The summed E-state index contributed by atoms with van der Waals surface area (Å²) >= 11 is 3.32. The molecule has 0 aromatic carbocycles. The van der Waals surface area contributed by atoms with Gasteiger partial charge in [-0.15, -0.1) is 0 Å². The molecule has 1 N–H and O–H groups in total. The van der Waals surface area contributed by atoms with Gasteiger partial charge in [0.05, 0.1) is 22.8 Å². The van der Waals surface area contributed by atoms with E-state index in [0.29, 0.717) is 0 Å². The summed E-state index contributed by atoms with van der Waals surface area (Å²) in [7, 11) is 0. The van der Waals surface area contributed by atoms with Crippen LogP contribution in [0.25, 0.3) is 0 Å². The minimum Gasteiger partial charge on any atom is -0.302 e. The van der Waals surface area contributed by atoms with Gasteiger partial charge in [0.1, 0.15) is 0 Å². The molecule has 0 bridgehead atoms. The third kappa shape index (κ3) is 3.48. The summed E-state index contributed by atoms with van der Waals surface area (Å²) in [6.07, 6.45) is 4.42. The molecule has 5 heteroatoms. The summed E-state index contributed by atoms with van der Waals surface area (Å²) in [6, 6.07) is 2.14. The van der Waals surface area contributed by atoms with Crippen LogP contribution < -0.4 is 5.32 Å². The Morgan fingerprint density at radius 2 is 2.57 bits per heavy atom. The second-order valence-corrected chi connectivity index (χ2v) is 3.87. The van der Waals surface area contributed by atoms with E-state index in [1.807, 2.05) is 17.8 Å². The van der Waals surface area contributed by atoms with Gasteiger partial charge in [0.25, 0.3) is 0 Å². The maximum absolute atomic E-state index is 8.79. The van der Waals surface area contributed by atoms with Crippen molar-refractivity contribution < 1.29 is 0 Å². The molecule has 0 saturated heterocycles. The maximum atomic E-state index is 8.79. The summed E-state index contributed by atoms with van der Waals surface area (Å²) in [4.78, 5) is 0. The predicted molar refractivity (Wildman–Crippen MR) is 57.6 cm³/mol. The second-order valence-electron chi connectivity index (χ2n) is 2.95. The van der Waals surface area contributed by atoms with Crippen molar-refractivity contribution >= 4 is 15.9 Å². The SMILES string of the molecule is CCNC(C#N)CCn1cc(Br)cn1. The minimum atomic E-state index is -0.0806. The molecule has 0 aliphatic rings. The largest absolute Gasteiger partial charge is 0.302 e.